The Hall–Kier alpha value is -2.99. The molecule has 2 N–H and O–H groups in total. The van der Waals surface area contributed by atoms with Crippen molar-refractivity contribution in [2.24, 2.45) is 0 Å². The molecule has 26 heavy (non-hydrogen) atoms. The van der Waals surface area contributed by atoms with E-state index >= 15 is 0 Å². The summed E-state index contributed by atoms with van der Waals surface area (Å²) >= 11 is 5.97. The lowest BCUT2D eigenvalue weighted by molar-refractivity contribution is 0.102. The first-order valence-electron chi connectivity index (χ1n) is 7.87. The quantitative estimate of drug-likeness (QED) is 0.700. The smallest absolute Gasteiger partial charge is 0.255 e. The minimum absolute atomic E-state index is 0.265. The highest BCUT2D eigenvalue weighted by Crippen LogP contribution is 2.35. The summed E-state index contributed by atoms with van der Waals surface area (Å²) in [4.78, 5) is 12.6. The van der Waals surface area contributed by atoms with E-state index in [4.69, 9.17) is 21.1 Å². The number of aromatic nitrogens is 2. The van der Waals surface area contributed by atoms with Gasteiger partial charge in [0.25, 0.3) is 5.91 Å². The molecule has 0 saturated heterocycles. The molecule has 1 aromatic heterocycles. The first kappa shape index (κ1) is 17.8. The van der Waals surface area contributed by atoms with Crippen molar-refractivity contribution >= 4 is 23.2 Å². The van der Waals surface area contributed by atoms with E-state index in [1.807, 2.05) is 19.1 Å². The zero-order chi connectivity index (χ0) is 18.7. The number of nitrogens with one attached hydrogen (secondary N) is 2. The van der Waals surface area contributed by atoms with Gasteiger partial charge in [-0.25, -0.2) is 0 Å². The predicted octanol–water partition coefficient (Wildman–Crippen LogP) is 4.31. The number of aryl methyl sites for hydroxylation is 1. The molecule has 3 rings (SSSR count). The van der Waals surface area contributed by atoms with Crippen LogP contribution in [-0.4, -0.2) is 30.3 Å². The molecule has 0 fully saturated rings. The number of ether oxygens (including phenoxy) is 2. The Balaban J connectivity index is 1.96. The summed E-state index contributed by atoms with van der Waals surface area (Å²) in [6.07, 6.45) is 0. The van der Waals surface area contributed by atoms with Crippen molar-refractivity contribution in [2.75, 3.05) is 19.5 Å². The number of nitrogens with zero attached hydrogens (tertiary/aromatic N) is 1. The summed E-state index contributed by atoms with van der Waals surface area (Å²) in [6, 6.07) is 12.2. The van der Waals surface area contributed by atoms with Crippen molar-refractivity contribution in [1.29, 1.82) is 0 Å². The lowest BCUT2D eigenvalue weighted by Gasteiger charge is -2.10. The molecule has 7 heteroatoms. The molecule has 1 amide bonds. The third kappa shape index (κ3) is 3.50. The van der Waals surface area contributed by atoms with Gasteiger partial charge in [0.15, 0.2) is 11.5 Å². The molecular weight excluding hydrogens is 354 g/mol. The summed E-state index contributed by atoms with van der Waals surface area (Å²) in [5.41, 5.74) is 3.20. The van der Waals surface area contributed by atoms with Gasteiger partial charge >= 0.3 is 0 Å². The summed E-state index contributed by atoms with van der Waals surface area (Å²) < 4.78 is 10.6. The van der Waals surface area contributed by atoms with E-state index in [1.165, 1.54) is 0 Å². The second kappa shape index (κ2) is 7.49. The molecule has 0 radical (unpaired) electrons. The number of H-pyrrole nitrogens is 1. The molecule has 0 spiro atoms. The molecule has 6 nitrogen and oxygen atoms in total. The van der Waals surface area contributed by atoms with Crippen molar-refractivity contribution in [2.45, 2.75) is 6.92 Å². The van der Waals surface area contributed by atoms with Crippen LogP contribution in [0.2, 0.25) is 5.02 Å². The van der Waals surface area contributed by atoms with E-state index in [9.17, 15) is 4.79 Å². The molecule has 0 atom stereocenters. The van der Waals surface area contributed by atoms with Crippen molar-refractivity contribution in [3.8, 4) is 22.8 Å². The molecule has 134 valence electrons. The first-order chi connectivity index (χ1) is 12.5. The number of anilines is 1. The SMILES string of the molecule is COc1ccc(-c2n[nH]c(C)c2NC(=O)c2cccc(Cl)c2)cc1OC. The largest absolute Gasteiger partial charge is 0.493 e. The topological polar surface area (TPSA) is 76.2 Å². The van der Waals surface area contributed by atoms with Crippen LogP contribution < -0.4 is 14.8 Å². The van der Waals surface area contributed by atoms with Crippen LogP contribution in [0.5, 0.6) is 11.5 Å². The van der Waals surface area contributed by atoms with Gasteiger partial charge in [0.2, 0.25) is 0 Å². The third-order valence-corrected chi connectivity index (χ3v) is 4.16. The van der Waals surface area contributed by atoms with Gasteiger partial charge in [-0.05, 0) is 43.3 Å². The monoisotopic (exact) mass is 371 g/mol. The van der Waals surface area contributed by atoms with Crippen LogP contribution in [0.1, 0.15) is 16.1 Å². The van der Waals surface area contributed by atoms with E-state index in [0.717, 1.165) is 11.3 Å². The number of benzene rings is 2. The molecule has 2 aromatic carbocycles. The van der Waals surface area contributed by atoms with Crippen LogP contribution in [0.4, 0.5) is 5.69 Å². The van der Waals surface area contributed by atoms with E-state index in [1.54, 1.807) is 44.6 Å². The normalized spacial score (nSPS) is 10.5. The minimum Gasteiger partial charge on any atom is -0.493 e. The molecular formula is C19H18ClN3O3. The highest BCUT2D eigenvalue weighted by atomic mass is 35.5. The van der Waals surface area contributed by atoms with Gasteiger partial charge in [0, 0.05) is 16.1 Å². The predicted molar refractivity (Wildman–Crippen MR) is 101 cm³/mol. The molecule has 0 unspecified atom stereocenters. The Bertz CT molecular complexity index is 953. The van der Waals surface area contributed by atoms with Crippen LogP contribution in [-0.2, 0) is 0 Å². The Morgan fingerprint density at radius 2 is 1.88 bits per heavy atom. The van der Waals surface area contributed by atoms with Gasteiger partial charge < -0.3 is 14.8 Å². The summed E-state index contributed by atoms with van der Waals surface area (Å²) in [6.45, 7) is 1.84. The number of hydrogen-bond acceptors (Lipinski definition) is 4. The zero-order valence-electron chi connectivity index (χ0n) is 14.6. The van der Waals surface area contributed by atoms with Crippen LogP contribution >= 0.6 is 11.6 Å². The van der Waals surface area contributed by atoms with Crippen LogP contribution in [0.25, 0.3) is 11.3 Å². The molecule has 0 saturated carbocycles. The molecule has 0 aliphatic heterocycles. The number of amides is 1. The number of aromatic amines is 1. The van der Waals surface area contributed by atoms with E-state index in [2.05, 4.69) is 15.5 Å². The van der Waals surface area contributed by atoms with Gasteiger partial charge in [-0.15, -0.1) is 0 Å². The van der Waals surface area contributed by atoms with Gasteiger partial charge in [0.1, 0.15) is 5.69 Å². The maximum absolute atomic E-state index is 12.6. The second-order valence-electron chi connectivity index (χ2n) is 5.61. The molecule has 0 aliphatic rings. The highest BCUT2D eigenvalue weighted by molar-refractivity contribution is 6.31. The number of rotatable bonds is 5. The van der Waals surface area contributed by atoms with Gasteiger partial charge in [0.05, 0.1) is 25.6 Å². The van der Waals surface area contributed by atoms with Crippen molar-refractivity contribution in [3.63, 3.8) is 0 Å². The van der Waals surface area contributed by atoms with Crippen LogP contribution in [0.15, 0.2) is 42.5 Å². The number of methoxy groups -OCH3 is 2. The molecule has 0 bridgehead atoms. The Labute approximate surface area is 156 Å². The van der Waals surface area contributed by atoms with E-state index in [0.29, 0.717) is 33.5 Å². The lowest BCUT2D eigenvalue weighted by atomic mass is 10.1. The Morgan fingerprint density at radius 1 is 1.12 bits per heavy atom. The third-order valence-electron chi connectivity index (χ3n) is 3.93. The average molecular weight is 372 g/mol. The summed E-state index contributed by atoms with van der Waals surface area (Å²) in [5.74, 6) is 0.935. The maximum atomic E-state index is 12.6. The molecule has 0 aliphatic carbocycles. The van der Waals surface area contributed by atoms with Gasteiger partial charge in [-0.2, -0.15) is 5.10 Å². The number of carbonyl (C=O) groups is 1. The standard InChI is InChI=1S/C19H18ClN3O3/c1-11-17(21-19(24)13-5-4-6-14(20)9-13)18(23-22-11)12-7-8-15(25-2)16(10-12)26-3/h4-10H,1-3H3,(H,21,24)(H,22,23). The maximum Gasteiger partial charge on any atom is 0.255 e. The Morgan fingerprint density at radius 3 is 2.58 bits per heavy atom. The zero-order valence-corrected chi connectivity index (χ0v) is 15.3. The summed E-state index contributed by atoms with van der Waals surface area (Å²) in [7, 11) is 3.14. The molecule has 1 heterocycles. The fourth-order valence-corrected chi connectivity index (χ4v) is 2.78. The minimum atomic E-state index is -0.265. The van der Waals surface area contributed by atoms with E-state index < -0.39 is 0 Å². The second-order valence-corrected chi connectivity index (χ2v) is 6.04. The number of hydrogen-bond donors (Lipinski definition) is 2. The molecule has 3 aromatic rings. The van der Waals surface area contributed by atoms with Crippen molar-refractivity contribution in [3.05, 3.63) is 58.7 Å². The fourth-order valence-electron chi connectivity index (χ4n) is 2.59. The van der Waals surface area contributed by atoms with Gasteiger partial charge in [-0.1, -0.05) is 17.7 Å². The van der Waals surface area contributed by atoms with Crippen LogP contribution in [0.3, 0.4) is 0 Å². The van der Waals surface area contributed by atoms with E-state index in [-0.39, 0.29) is 5.91 Å². The number of carbonyl (C=O) groups excluding carboxylic acids is 1. The fraction of sp³-hybridized carbons (Fsp3) is 0.158. The average Bonchev–Trinajstić information content (AvgIpc) is 3.01. The van der Waals surface area contributed by atoms with Crippen molar-refractivity contribution < 1.29 is 14.3 Å². The number of halogens is 1. The van der Waals surface area contributed by atoms with Gasteiger partial charge in [-0.3, -0.25) is 9.89 Å². The van der Waals surface area contributed by atoms with Crippen LogP contribution in [0, 0.1) is 6.92 Å². The Kier molecular flexibility index (Phi) is 5.14. The lowest BCUT2D eigenvalue weighted by Crippen LogP contribution is -2.12. The first-order valence-corrected chi connectivity index (χ1v) is 8.25. The van der Waals surface area contributed by atoms with Crippen molar-refractivity contribution in [1.82, 2.24) is 10.2 Å². The summed E-state index contributed by atoms with van der Waals surface area (Å²) in [5, 5.41) is 10.6. The highest BCUT2D eigenvalue weighted by Gasteiger charge is 2.17.